The van der Waals surface area contributed by atoms with Crippen LogP contribution in [-0.2, 0) is 0 Å². The fraction of sp³-hybridized carbons (Fsp3) is 0.417. The van der Waals surface area contributed by atoms with E-state index in [0.29, 0.717) is 12.1 Å². The molecule has 1 unspecified atom stereocenters. The standard InChI is InChI=1S/C12H17FN2O/c1-2-11(14)6-7-15-12(16)9-4-3-5-10(13)8-9/h3-5,8,11H,2,6-7,14H2,1H3,(H,15,16). The lowest BCUT2D eigenvalue weighted by atomic mass is 10.1. The highest BCUT2D eigenvalue weighted by Gasteiger charge is 2.06. The minimum absolute atomic E-state index is 0.104. The van der Waals surface area contributed by atoms with E-state index in [0.717, 1.165) is 12.8 Å². The maximum absolute atomic E-state index is 12.8. The van der Waals surface area contributed by atoms with Gasteiger partial charge in [-0.3, -0.25) is 4.79 Å². The summed E-state index contributed by atoms with van der Waals surface area (Å²) in [6.07, 6.45) is 1.62. The normalized spacial score (nSPS) is 12.2. The van der Waals surface area contributed by atoms with E-state index in [2.05, 4.69) is 5.32 Å². The van der Waals surface area contributed by atoms with E-state index in [1.165, 1.54) is 18.2 Å². The molecule has 1 aromatic carbocycles. The summed E-state index contributed by atoms with van der Waals surface area (Å²) in [6.45, 7) is 2.52. The van der Waals surface area contributed by atoms with Gasteiger partial charge in [0.2, 0.25) is 0 Å². The predicted molar refractivity (Wildman–Crippen MR) is 61.6 cm³/mol. The Labute approximate surface area is 94.8 Å². The van der Waals surface area contributed by atoms with E-state index in [4.69, 9.17) is 5.73 Å². The number of amides is 1. The third-order valence-corrected chi connectivity index (χ3v) is 2.41. The van der Waals surface area contributed by atoms with E-state index >= 15 is 0 Å². The zero-order chi connectivity index (χ0) is 12.0. The molecular weight excluding hydrogens is 207 g/mol. The molecule has 1 aromatic rings. The summed E-state index contributed by atoms with van der Waals surface area (Å²) in [5.41, 5.74) is 6.05. The smallest absolute Gasteiger partial charge is 0.251 e. The summed E-state index contributed by atoms with van der Waals surface area (Å²) in [7, 11) is 0. The molecule has 0 radical (unpaired) electrons. The van der Waals surface area contributed by atoms with Gasteiger partial charge in [0.15, 0.2) is 0 Å². The second-order valence-corrected chi connectivity index (χ2v) is 3.72. The second kappa shape index (κ2) is 6.23. The summed E-state index contributed by atoms with van der Waals surface area (Å²) in [4.78, 5) is 11.5. The first-order chi connectivity index (χ1) is 7.63. The van der Waals surface area contributed by atoms with Crippen molar-refractivity contribution in [3.8, 4) is 0 Å². The van der Waals surface area contributed by atoms with E-state index in [1.54, 1.807) is 6.07 Å². The SMILES string of the molecule is CCC(N)CCNC(=O)c1cccc(F)c1. The molecule has 3 nitrogen and oxygen atoms in total. The van der Waals surface area contributed by atoms with Gasteiger partial charge in [0.1, 0.15) is 5.82 Å². The molecule has 16 heavy (non-hydrogen) atoms. The zero-order valence-electron chi connectivity index (χ0n) is 9.37. The highest BCUT2D eigenvalue weighted by Crippen LogP contribution is 2.03. The maximum Gasteiger partial charge on any atom is 0.251 e. The number of hydrogen-bond donors (Lipinski definition) is 2. The molecule has 1 atom stereocenters. The molecule has 0 saturated carbocycles. The summed E-state index contributed by atoms with van der Waals surface area (Å²) in [6, 6.07) is 5.73. The van der Waals surface area contributed by atoms with Crippen LogP contribution in [0.2, 0.25) is 0 Å². The van der Waals surface area contributed by atoms with Gasteiger partial charge in [-0.15, -0.1) is 0 Å². The van der Waals surface area contributed by atoms with Gasteiger partial charge in [-0.1, -0.05) is 13.0 Å². The zero-order valence-corrected chi connectivity index (χ0v) is 9.37. The third-order valence-electron chi connectivity index (χ3n) is 2.41. The molecule has 3 N–H and O–H groups in total. The number of carbonyl (C=O) groups is 1. The molecule has 0 aromatic heterocycles. The number of nitrogens with one attached hydrogen (secondary N) is 1. The topological polar surface area (TPSA) is 55.1 Å². The van der Waals surface area contributed by atoms with Crippen LogP contribution in [0.3, 0.4) is 0 Å². The van der Waals surface area contributed by atoms with Gasteiger partial charge in [0, 0.05) is 18.2 Å². The summed E-state index contributed by atoms with van der Waals surface area (Å²) < 4.78 is 12.8. The predicted octanol–water partition coefficient (Wildman–Crippen LogP) is 1.68. The van der Waals surface area contributed by atoms with Crippen molar-refractivity contribution >= 4 is 5.91 Å². The molecule has 0 saturated heterocycles. The molecule has 4 heteroatoms. The van der Waals surface area contributed by atoms with Crippen molar-refractivity contribution < 1.29 is 9.18 Å². The van der Waals surface area contributed by atoms with Crippen LogP contribution in [-0.4, -0.2) is 18.5 Å². The average molecular weight is 224 g/mol. The Bertz CT molecular complexity index is 355. The molecule has 0 fully saturated rings. The van der Waals surface area contributed by atoms with E-state index < -0.39 is 5.82 Å². The van der Waals surface area contributed by atoms with Crippen LogP contribution in [0.1, 0.15) is 30.1 Å². The molecule has 1 amide bonds. The van der Waals surface area contributed by atoms with Crippen LogP contribution in [0, 0.1) is 5.82 Å². The molecule has 0 aliphatic carbocycles. The number of rotatable bonds is 5. The average Bonchev–Trinajstić information content (AvgIpc) is 2.28. The fourth-order valence-corrected chi connectivity index (χ4v) is 1.31. The van der Waals surface area contributed by atoms with Gasteiger partial charge < -0.3 is 11.1 Å². The summed E-state index contributed by atoms with van der Waals surface area (Å²) in [5, 5.41) is 2.71. The van der Waals surface area contributed by atoms with Crippen LogP contribution in [0.15, 0.2) is 24.3 Å². The van der Waals surface area contributed by atoms with Crippen molar-refractivity contribution in [2.75, 3.05) is 6.54 Å². The van der Waals surface area contributed by atoms with E-state index in [-0.39, 0.29) is 11.9 Å². The monoisotopic (exact) mass is 224 g/mol. The molecule has 0 aliphatic heterocycles. The third kappa shape index (κ3) is 3.98. The molecule has 88 valence electrons. The Morgan fingerprint density at radius 2 is 2.31 bits per heavy atom. The quantitative estimate of drug-likeness (QED) is 0.799. The molecule has 0 spiro atoms. The molecule has 0 bridgehead atoms. The molecular formula is C12H17FN2O. The van der Waals surface area contributed by atoms with Crippen LogP contribution in [0.4, 0.5) is 4.39 Å². The minimum Gasteiger partial charge on any atom is -0.352 e. The number of carbonyl (C=O) groups excluding carboxylic acids is 1. The Morgan fingerprint density at radius 3 is 2.94 bits per heavy atom. The minimum atomic E-state index is -0.405. The van der Waals surface area contributed by atoms with Gasteiger partial charge in [0.25, 0.3) is 5.91 Å². The highest BCUT2D eigenvalue weighted by molar-refractivity contribution is 5.94. The first-order valence-corrected chi connectivity index (χ1v) is 5.42. The maximum atomic E-state index is 12.8. The van der Waals surface area contributed by atoms with Crippen LogP contribution >= 0.6 is 0 Å². The first-order valence-electron chi connectivity index (χ1n) is 5.42. The van der Waals surface area contributed by atoms with Crippen molar-refractivity contribution in [3.05, 3.63) is 35.6 Å². The summed E-state index contributed by atoms with van der Waals surface area (Å²) >= 11 is 0. The molecule has 1 rings (SSSR count). The summed E-state index contributed by atoms with van der Waals surface area (Å²) in [5.74, 6) is -0.666. The number of halogens is 1. The Morgan fingerprint density at radius 1 is 1.56 bits per heavy atom. The van der Waals surface area contributed by atoms with E-state index in [9.17, 15) is 9.18 Å². The fourth-order valence-electron chi connectivity index (χ4n) is 1.31. The highest BCUT2D eigenvalue weighted by atomic mass is 19.1. The Balaban J connectivity index is 2.41. The van der Waals surface area contributed by atoms with Crippen molar-refractivity contribution in [2.45, 2.75) is 25.8 Å². The van der Waals surface area contributed by atoms with Gasteiger partial charge in [-0.25, -0.2) is 4.39 Å². The Hall–Kier alpha value is -1.42. The van der Waals surface area contributed by atoms with Crippen LogP contribution in [0.25, 0.3) is 0 Å². The van der Waals surface area contributed by atoms with E-state index in [1.807, 2.05) is 6.92 Å². The van der Waals surface area contributed by atoms with Gasteiger partial charge in [0.05, 0.1) is 0 Å². The van der Waals surface area contributed by atoms with Crippen molar-refractivity contribution in [1.82, 2.24) is 5.32 Å². The lowest BCUT2D eigenvalue weighted by Gasteiger charge is -2.09. The van der Waals surface area contributed by atoms with Crippen LogP contribution in [0.5, 0.6) is 0 Å². The number of hydrogen-bond acceptors (Lipinski definition) is 2. The lowest BCUT2D eigenvalue weighted by molar-refractivity contribution is 0.0952. The molecule has 0 heterocycles. The second-order valence-electron chi connectivity index (χ2n) is 3.72. The van der Waals surface area contributed by atoms with Crippen molar-refractivity contribution in [3.63, 3.8) is 0 Å². The van der Waals surface area contributed by atoms with Crippen LogP contribution < -0.4 is 11.1 Å². The van der Waals surface area contributed by atoms with Crippen molar-refractivity contribution in [2.24, 2.45) is 5.73 Å². The first kappa shape index (κ1) is 12.6. The molecule has 0 aliphatic rings. The van der Waals surface area contributed by atoms with Gasteiger partial charge in [-0.05, 0) is 31.0 Å². The van der Waals surface area contributed by atoms with Gasteiger partial charge >= 0.3 is 0 Å². The van der Waals surface area contributed by atoms with Gasteiger partial charge in [-0.2, -0.15) is 0 Å². The van der Waals surface area contributed by atoms with Crippen molar-refractivity contribution in [1.29, 1.82) is 0 Å². The number of nitrogens with two attached hydrogens (primary N) is 1. The lowest BCUT2D eigenvalue weighted by Crippen LogP contribution is -2.30. The largest absolute Gasteiger partial charge is 0.352 e. The number of benzene rings is 1. The Kier molecular flexibility index (Phi) is 4.92.